The largest absolute Gasteiger partial charge is 0.496 e. The van der Waals surface area contributed by atoms with Gasteiger partial charge < -0.3 is 15.0 Å². The van der Waals surface area contributed by atoms with Gasteiger partial charge in [0.05, 0.1) is 17.3 Å². The number of rotatable bonds is 6. The molecule has 1 aromatic heterocycles. The predicted octanol–water partition coefficient (Wildman–Crippen LogP) is 5.04. The summed E-state index contributed by atoms with van der Waals surface area (Å²) in [6.07, 6.45) is 0.155. The molecule has 0 saturated heterocycles. The molecular formula is C22H18BrN3O3S. The number of fused-ring (bicyclic) bond motifs is 1. The fraction of sp³-hybridized carbons (Fsp3) is 0.136. The van der Waals surface area contributed by atoms with Gasteiger partial charge >= 0.3 is 0 Å². The van der Waals surface area contributed by atoms with Crippen LogP contribution in [-0.4, -0.2) is 35.4 Å². The van der Waals surface area contributed by atoms with Crippen LogP contribution >= 0.6 is 27.3 Å². The van der Waals surface area contributed by atoms with E-state index < -0.39 is 0 Å². The van der Waals surface area contributed by atoms with Gasteiger partial charge in [0, 0.05) is 40.7 Å². The lowest BCUT2D eigenvalue weighted by atomic mass is 10.1. The molecule has 0 aliphatic carbocycles. The molecule has 152 valence electrons. The molecule has 4 rings (SSSR count). The van der Waals surface area contributed by atoms with E-state index in [1.54, 1.807) is 18.1 Å². The van der Waals surface area contributed by atoms with Gasteiger partial charge in [0.15, 0.2) is 5.13 Å². The number of thiazole rings is 1. The maximum Gasteiger partial charge on any atom is 0.258 e. The van der Waals surface area contributed by atoms with Gasteiger partial charge in [-0.2, -0.15) is 0 Å². The summed E-state index contributed by atoms with van der Waals surface area (Å²) in [6.45, 7) is 4.26. The fourth-order valence-electron chi connectivity index (χ4n) is 3.26. The first-order chi connectivity index (χ1) is 14.5. The van der Waals surface area contributed by atoms with Crippen LogP contribution in [0.2, 0.25) is 0 Å². The Balaban J connectivity index is 1.37. The Labute approximate surface area is 186 Å². The summed E-state index contributed by atoms with van der Waals surface area (Å²) in [4.78, 5) is 31.0. The third kappa shape index (κ3) is 3.88. The molecule has 0 unspecified atom stereocenters. The second-order valence-corrected chi connectivity index (χ2v) is 8.35. The summed E-state index contributed by atoms with van der Waals surface area (Å²) in [7, 11) is 1.61. The Hall–Kier alpha value is -2.97. The quantitative estimate of drug-likeness (QED) is 0.533. The molecule has 2 heterocycles. The lowest BCUT2D eigenvalue weighted by molar-refractivity contribution is -0.116. The number of hydrogen-bond acceptors (Lipinski definition) is 5. The minimum atomic E-state index is -0.205. The Morgan fingerprint density at radius 1 is 1.27 bits per heavy atom. The van der Waals surface area contributed by atoms with E-state index in [0.29, 0.717) is 16.4 Å². The molecule has 6 nitrogen and oxygen atoms in total. The van der Waals surface area contributed by atoms with Gasteiger partial charge in [-0.15, -0.1) is 11.3 Å². The molecule has 8 heteroatoms. The Morgan fingerprint density at radius 2 is 2.03 bits per heavy atom. The fourth-order valence-corrected chi connectivity index (χ4v) is 4.53. The van der Waals surface area contributed by atoms with Crippen molar-refractivity contribution in [2.24, 2.45) is 0 Å². The molecule has 0 saturated carbocycles. The van der Waals surface area contributed by atoms with Gasteiger partial charge in [-0.3, -0.25) is 9.59 Å². The van der Waals surface area contributed by atoms with E-state index in [4.69, 9.17) is 4.74 Å². The average molecular weight is 484 g/mol. The third-order valence-electron chi connectivity index (χ3n) is 4.80. The van der Waals surface area contributed by atoms with Crippen molar-refractivity contribution >= 4 is 49.9 Å². The zero-order chi connectivity index (χ0) is 21.3. The van der Waals surface area contributed by atoms with Crippen LogP contribution < -0.4 is 10.1 Å². The van der Waals surface area contributed by atoms with E-state index in [2.05, 4.69) is 32.8 Å². The van der Waals surface area contributed by atoms with E-state index in [9.17, 15) is 9.59 Å². The zero-order valence-electron chi connectivity index (χ0n) is 16.1. The van der Waals surface area contributed by atoms with Crippen molar-refractivity contribution < 1.29 is 14.3 Å². The number of methoxy groups -OCH3 is 1. The second-order valence-electron chi connectivity index (χ2n) is 6.63. The van der Waals surface area contributed by atoms with Crippen molar-refractivity contribution in [3.63, 3.8) is 0 Å². The van der Waals surface area contributed by atoms with Gasteiger partial charge in [-0.25, -0.2) is 4.98 Å². The van der Waals surface area contributed by atoms with Crippen molar-refractivity contribution in [3.8, 4) is 17.0 Å². The summed E-state index contributed by atoms with van der Waals surface area (Å²) in [5.74, 6) is 0.413. The van der Waals surface area contributed by atoms with Crippen LogP contribution in [0.3, 0.4) is 0 Å². The van der Waals surface area contributed by atoms with Crippen LogP contribution in [0.25, 0.3) is 17.0 Å². The van der Waals surface area contributed by atoms with E-state index in [1.165, 1.54) is 11.3 Å². The molecule has 2 amide bonds. The molecule has 30 heavy (non-hydrogen) atoms. The number of carbonyl (C=O) groups excluding carboxylic acids is 2. The van der Waals surface area contributed by atoms with Gasteiger partial charge in [0.25, 0.3) is 5.91 Å². The SMILES string of the molecule is C=C1c2ccccc2C(=O)N1CCC(=O)Nc1nc(-c2ccc(OC)c(Br)c2)cs1. The summed E-state index contributed by atoms with van der Waals surface area (Å²) >= 11 is 4.82. The smallest absolute Gasteiger partial charge is 0.258 e. The Kier molecular flexibility index (Phi) is 5.69. The van der Waals surface area contributed by atoms with Crippen molar-refractivity contribution in [2.45, 2.75) is 6.42 Å². The van der Waals surface area contributed by atoms with Crippen molar-refractivity contribution in [1.29, 1.82) is 0 Å². The number of ether oxygens (including phenoxy) is 1. The van der Waals surface area contributed by atoms with Crippen molar-refractivity contribution in [3.05, 3.63) is 70.0 Å². The van der Waals surface area contributed by atoms with E-state index >= 15 is 0 Å². The molecule has 1 aliphatic rings. The first kappa shape index (κ1) is 20.3. The number of aromatic nitrogens is 1. The molecule has 1 aliphatic heterocycles. The molecule has 0 radical (unpaired) electrons. The average Bonchev–Trinajstić information content (AvgIpc) is 3.30. The minimum Gasteiger partial charge on any atom is -0.496 e. The number of benzene rings is 2. The molecule has 0 spiro atoms. The summed E-state index contributed by atoms with van der Waals surface area (Å²) in [5.41, 5.74) is 3.75. The number of nitrogens with zero attached hydrogens (tertiary/aromatic N) is 2. The molecule has 0 fully saturated rings. The summed E-state index contributed by atoms with van der Waals surface area (Å²) < 4.78 is 6.07. The highest BCUT2D eigenvalue weighted by Crippen LogP contribution is 2.33. The summed E-state index contributed by atoms with van der Waals surface area (Å²) in [5, 5.41) is 5.20. The number of amides is 2. The standard InChI is InChI=1S/C22H18BrN3O3S/c1-13-15-5-3-4-6-16(15)21(28)26(13)10-9-20(27)25-22-24-18(12-30-22)14-7-8-19(29-2)17(23)11-14/h3-8,11-12H,1,9-10H2,2H3,(H,24,25,27). The number of halogens is 1. The monoisotopic (exact) mass is 483 g/mol. The molecule has 1 N–H and O–H groups in total. The highest BCUT2D eigenvalue weighted by atomic mass is 79.9. The molecule has 3 aromatic rings. The number of nitrogens with one attached hydrogen (secondary N) is 1. The number of hydrogen-bond donors (Lipinski definition) is 1. The Morgan fingerprint density at radius 3 is 2.73 bits per heavy atom. The van der Waals surface area contributed by atoms with Crippen molar-refractivity contribution in [2.75, 3.05) is 19.0 Å². The van der Waals surface area contributed by atoms with Crippen molar-refractivity contribution in [1.82, 2.24) is 9.88 Å². The van der Waals surface area contributed by atoms with Gasteiger partial charge in [-0.1, -0.05) is 24.8 Å². The van der Waals surface area contributed by atoms with Crippen LogP contribution in [-0.2, 0) is 4.79 Å². The highest BCUT2D eigenvalue weighted by molar-refractivity contribution is 9.10. The van der Waals surface area contributed by atoms with E-state index in [0.717, 1.165) is 27.0 Å². The van der Waals surface area contributed by atoms with Crippen LogP contribution in [0.4, 0.5) is 5.13 Å². The van der Waals surface area contributed by atoms with Crippen LogP contribution in [0, 0.1) is 0 Å². The third-order valence-corrected chi connectivity index (χ3v) is 6.18. The van der Waals surface area contributed by atoms with Gasteiger partial charge in [-0.05, 0) is 40.2 Å². The molecule has 0 atom stereocenters. The predicted molar refractivity (Wildman–Crippen MR) is 122 cm³/mol. The number of anilines is 1. The van der Waals surface area contributed by atoms with Crippen LogP contribution in [0.15, 0.2) is 58.9 Å². The van der Waals surface area contributed by atoms with E-state index in [-0.39, 0.29) is 24.8 Å². The van der Waals surface area contributed by atoms with Gasteiger partial charge in [0.2, 0.25) is 5.91 Å². The van der Waals surface area contributed by atoms with E-state index in [1.807, 2.05) is 41.8 Å². The van der Waals surface area contributed by atoms with Crippen LogP contribution in [0.1, 0.15) is 22.3 Å². The molecular weight excluding hydrogens is 466 g/mol. The van der Waals surface area contributed by atoms with Crippen LogP contribution in [0.5, 0.6) is 5.75 Å². The minimum absolute atomic E-state index is 0.120. The normalized spacial score (nSPS) is 12.8. The maximum atomic E-state index is 12.5. The topological polar surface area (TPSA) is 71.5 Å². The lowest BCUT2D eigenvalue weighted by Crippen LogP contribution is -2.27. The molecule has 2 aromatic carbocycles. The van der Waals surface area contributed by atoms with Gasteiger partial charge in [0.1, 0.15) is 5.75 Å². The molecule has 0 bridgehead atoms. The summed E-state index contributed by atoms with van der Waals surface area (Å²) in [6, 6.07) is 13.0. The maximum absolute atomic E-state index is 12.5. The highest BCUT2D eigenvalue weighted by Gasteiger charge is 2.30. The Bertz CT molecular complexity index is 1120. The zero-order valence-corrected chi connectivity index (χ0v) is 18.5. The second kappa shape index (κ2) is 8.41. The first-order valence-electron chi connectivity index (χ1n) is 9.17. The lowest BCUT2D eigenvalue weighted by Gasteiger charge is -2.16. The number of carbonyl (C=O) groups is 2. The first-order valence-corrected chi connectivity index (χ1v) is 10.8.